The maximum atomic E-state index is 4.88. The quantitative estimate of drug-likeness (QED) is 0.789. The first kappa shape index (κ1) is 13.0. The van der Waals surface area contributed by atoms with Gasteiger partial charge in [0.1, 0.15) is 11.3 Å². The Bertz CT molecular complexity index is 787. The Hall–Kier alpha value is -1.72. The summed E-state index contributed by atoms with van der Waals surface area (Å²) in [6, 6.07) is 6.74. The van der Waals surface area contributed by atoms with Gasteiger partial charge in [-0.3, -0.25) is 0 Å². The van der Waals surface area contributed by atoms with Crippen LogP contribution in [0.5, 0.6) is 0 Å². The monoisotopic (exact) mass is 298 g/mol. The minimum absolute atomic E-state index is 0.177. The van der Waals surface area contributed by atoms with Crippen molar-refractivity contribution in [2.45, 2.75) is 32.4 Å². The number of nitrogens with one attached hydrogen (secondary N) is 1. The van der Waals surface area contributed by atoms with Gasteiger partial charge in [0.05, 0.1) is 6.04 Å². The average molecular weight is 298 g/mol. The second-order valence-corrected chi connectivity index (χ2v) is 6.72. The molecule has 0 aromatic carbocycles. The molecule has 1 unspecified atom stereocenters. The number of hydrogen-bond acceptors (Lipinski definition) is 4. The van der Waals surface area contributed by atoms with Crippen molar-refractivity contribution < 1.29 is 0 Å². The van der Waals surface area contributed by atoms with Gasteiger partial charge >= 0.3 is 0 Å². The molecule has 3 aromatic rings. The van der Waals surface area contributed by atoms with E-state index in [-0.39, 0.29) is 6.04 Å². The maximum Gasteiger partial charge on any atom is 0.160 e. The second kappa shape index (κ2) is 4.93. The smallest absolute Gasteiger partial charge is 0.160 e. The van der Waals surface area contributed by atoms with Crippen molar-refractivity contribution in [3.05, 3.63) is 46.0 Å². The lowest BCUT2D eigenvalue weighted by atomic mass is 10.0. The van der Waals surface area contributed by atoms with Crippen molar-refractivity contribution in [1.29, 1.82) is 0 Å². The number of hydrogen-bond donors (Lipinski definition) is 1. The van der Waals surface area contributed by atoms with E-state index in [9.17, 15) is 0 Å². The van der Waals surface area contributed by atoms with Crippen LogP contribution in [-0.2, 0) is 6.42 Å². The first-order valence-electron chi connectivity index (χ1n) is 7.38. The highest BCUT2D eigenvalue weighted by molar-refractivity contribution is 7.10. The highest BCUT2D eigenvalue weighted by Crippen LogP contribution is 2.34. The molecule has 0 spiro atoms. The molecule has 0 aliphatic carbocycles. The van der Waals surface area contributed by atoms with Gasteiger partial charge in [0.15, 0.2) is 5.65 Å². The summed E-state index contributed by atoms with van der Waals surface area (Å²) in [6.07, 6.45) is 2.96. The third-order valence-corrected chi connectivity index (χ3v) is 5.04. The molecular weight excluding hydrogens is 280 g/mol. The van der Waals surface area contributed by atoms with Crippen LogP contribution in [-0.4, -0.2) is 21.1 Å². The molecule has 0 bridgehead atoms. The van der Waals surface area contributed by atoms with Gasteiger partial charge in [0.25, 0.3) is 0 Å². The summed E-state index contributed by atoms with van der Waals surface area (Å²) in [5.74, 6) is 1.08. The first-order valence-corrected chi connectivity index (χ1v) is 8.26. The molecular formula is C16H18N4S. The average Bonchev–Trinajstić information content (AvgIpc) is 3.10. The van der Waals surface area contributed by atoms with Crippen LogP contribution >= 0.6 is 11.3 Å². The number of nitrogens with zero attached hydrogens (tertiary/aromatic N) is 3. The predicted molar refractivity (Wildman–Crippen MR) is 85.8 cm³/mol. The van der Waals surface area contributed by atoms with Gasteiger partial charge in [-0.05, 0) is 49.4 Å². The van der Waals surface area contributed by atoms with Gasteiger partial charge in [-0.2, -0.15) is 0 Å². The van der Waals surface area contributed by atoms with Crippen LogP contribution in [0.4, 0.5) is 0 Å². The second-order valence-electron chi connectivity index (χ2n) is 5.72. The third kappa shape index (κ3) is 2.00. The van der Waals surface area contributed by atoms with E-state index >= 15 is 0 Å². The molecule has 5 heteroatoms. The molecule has 0 radical (unpaired) electrons. The number of aromatic nitrogens is 3. The summed E-state index contributed by atoms with van der Waals surface area (Å²) in [6.45, 7) is 5.39. The zero-order valence-corrected chi connectivity index (χ0v) is 13.0. The van der Waals surface area contributed by atoms with Gasteiger partial charge in [0.2, 0.25) is 0 Å². The van der Waals surface area contributed by atoms with E-state index in [0.717, 1.165) is 30.0 Å². The molecule has 21 heavy (non-hydrogen) atoms. The van der Waals surface area contributed by atoms with Crippen LogP contribution in [0.1, 0.15) is 42.2 Å². The van der Waals surface area contributed by atoms with Crippen molar-refractivity contribution in [2.75, 3.05) is 6.54 Å². The van der Waals surface area contributed by atoms with Crippen LogP contribution in [0, 0.1) is 0 Å². The molecule has 4 nitrogen and oxygen atoms in total. The van der Waals surface area contributed by atoms with E-state index in [4.69, 9.17) is 4.98 Å². The molecule has 4 heterocycles. The van der Waals surface area contributed by atoms with Crippen LogP contribution in [0.15, 0.2) is 29.8 Å². The summed E-state index contributed by atoms with van der Waals surface area (Å²) in [5.41, 5.74) is 3.33. The molecule has 3 aromatic heterocycles. The van der Waals surface area contributed by atoms with Crippen LogP contribution in [0.25, 0.3) is 11.2 Å². The molecule has 1 aliphatic heterocycles. The Kier molecular flexibility index (Phi) is 3.05. The number of imidazole rings is 1. The van der Waals surface area contributed by atoms with E-state index < -0.39 is 0 Å². The van der Waals surface area contributed by atoms with Crippen molar-refractivity contribution >= 4 is 22.5 Å². The fraction of sp³-hybridized carbons (Fsp3) is 0.375. The highest BCUT2D eigenvalue weighted by atomic mass is 32.1. The minimum atomic E-state index is 0.177. The minimum Gasteiger partial charge on any atom is -0.309 e. The summed E-state index contributed by atoms with van der Waals surface area (Å²) in [4.78, 5) is 10.9. The zero-order chi connectivity index (χ0) is 14.4. The summed E-state index contributed by atoms with van der Waals surface area (Å²) >= 11 is 1.85. The van der Waals surface area contributed by atoms with Crippen LogP contribution in [0.3, 0.4) is 0 Å². The molecule has 0 fully saturated rings. The van der Waals surface area contributed by atoms with E-state index in [0.29, 0.717) is 6.04 Å². The normalized spacial score (nSPS) is 18.3. The first-order chi connectivity index (χ1) is 10.3. The van der Waals surface area contributed by atoms with Gasteiger partial charge < -0.3 is 9.88 Å². The lowest BCUT2D eigenvalue weighted by Gasteiger charge is -2.25. The van der Waals surface area contributed by atoms with E-state index in [1.165, 1.54) is 10.4 Å². The van der Waals surface area contributed by atoms with Crippen molar-refractivity contribution in [2.24, 2.45) is 0 Å². The van der Waals surface area contributed by atoms with Crippen molar-refractivity contribution in [3.63, 3.8) is 0 Å². The number of pyridine rings is 1. The van der Waals surface area contributed by atoms with Gasteiger partial charge in [-0.25, -0.2) is 9.97 Å². The molecule has 0 amide bonds. The van der Waals surface area contributed by atoms with Gasteiger partial charge in [0, 0.05) is 23.7 Å². The fourth-order valence-electron chi connectivity index (χ4n) is 3.14. The zero-order valence-electron chi connectivity index (χ0n) is 12.2. The maximum absolute atomic E-state index is 4.88. The molecule has 108 valence electrons. The van der Waals surface area contributed by atoms with Gasteiger partial charge in [-0.1, -0.05) is 0 Å². The summed E-state index contributed by atoms with van der Waals surface area (Å²) in [5, 5.41) is 5.82. The molecule has 0 saturated heterocycles. The Morgan fingerprint density at radius 2 is 2.29 bits per heavy atom. The standard InChI is InChI=1S/C16H18N4S/c1-10(2)20-15-12(4-3-7-18-15)19-16(20)14-11-6-9-21-13(11)5-8-17-14/h3-4,6-7,9-10,14,17H,5,8H2,1-2H3. The molecule has 1 atom stereocenters. The predicted octanol–water partition coefficient (Wildman–Crippen LogP) is 3.31. The van der Waals surface area contributed by atoms with Crippen LogP contribution in [0.2, 0.25) is 0 Å². The fourth-order valence-corrected chi connectivity index (χ4v) is 4.06. The number of thiophene rings is 1. The van der Waals surface area contributed by atoms with Crippen LogP contribution < -0.4 is 5.32 Å². The van der Waals surface area contributed by atoms with E-state index in [2.05, 4.69) is 40.2 Å². The summed E-state index contributed by atoms with van der Waals surface area (Å²) < 4.78 is 2.26. The van der Waals surface area contributed by atoms with Crippen molar-refractivity contribution in [1.82, 2.24) is 19.9 Å². The Balaban J connectivity index is 1.94. The summed E-state index contributed by atoms with van der Waals surface area (Å²) in [7, 11) is 0. The van der Waals surface area contributed by atoms with Gasteiger partial charge in [-0.15, -0.1) is 11.3 Å². The lowest BCUT2D eigenvalue weighted by molar-refractivity contribution is 0.496. The Morgan fingerprint density at radius 3 is 3.14 bits per heavy atom. The molecule has 1 aliphatic rings. The molecule has 1 N–H and O–H groups in total. The SMILES string of the molecule is CC(C)n1c(C2NCCc3sccc32)nc2cccnc21. The van der Waals surface area contributed by atoms with E-state index in [1.54, 1.807) is 0 Å². The lowest BCUT2D eigenvalue weighted by Crippen LogP contribution is -2.32. The molecule has 0 saturated carbocycles. The number of rotatable bonds is 2. The number of fused-ring (bicyclic) bond motifs is 2. The Labute approximate surface area is 127 Å². The highest BCUT2D eigenvalue weighted by Gasteiger charge is 2.28. The molecule has 4 rings (SSSR count). The van der Waals surface area contributed by atoms with Crippen molar-refractivity contribution in [3.8, 4) is 0 Å². The Morgan fingerprint density at radius 1 is 1.38 bits per heavy atom. The topological polar surface area (TPSA) is 42.7 Å². The largest absolute Gasteiger partial charge is 0.309 e. The third-order valence-electron chi connectivity index (χ3n) is 4.04. The van der Waals surface area contributed by atoms with E-state index in [1.807, 2.05) is 29.7 Å².